The van der Waals surface area contributed by atoms with Crippen LogP contribution in [0.15, 0.2) is 42.6 Å². The van der Waals surface area contributed by atoms with Gasteiger partial charge >= 0.3 is 5.97 Å². The number of ether oxygens (including phenoxy) is 2. The number of para-hydroxylation sites is 1. The predicted molar refractivity (Wildman–Crippen MR) is 98.0 cm³/mol. The van der Waals surface area contributed by atoms with E-state index < -0.39 is 18.4 Å². The molecule has 0 atom stereocenters. The number of hydrogen-bond acceptors (Lipinski definition) is 7. The van der Waals surface area contributed by atoms with E-state index in [1.807, 2.05) is 30.3 Å². The molecule has 0 unspecified atom stereocenters. The number of carbonyl (C=O) groups excluding carboxylic acids is 1. The van der Waals surface area contributed by atoms with Crippen LogP contribution < -0.4 is 14.8 Å². The second-order valence-electron chi connectivity index (χ2n) is 6.41. The highest BCUT2D eigenvalue weighted by Crippen LogP contribution is 2.40. The zero-order valence-electron chi connectivity index (χ0n) is 15.1. The molecule has 1 saturated carbocycles. The first-order valence-corrected chi connectivity index (χ1v) is 8.80. The Hall–Kier alpha value is -3.49. The van der Waals surface area contributed by atoms with Gasteiger partial charge in [-0.05, 0) is 25.0 Å². The molecule has 4 rings (SSSR count). The fraction of sp³-hybridized carbons (Fsp3) is 0.263. The maximum absolute atomic E-state index is 13.9. The Kier molecular flexibility index (Phi) is 4.88. The number of aryl methyl sites for hydroxylation is 1. The lowest BCUT2D eigenvalue weighted by Gasteiger charge is -2.09. The number of hydrogen-bond donors (Lipinski definition) is 1. The molecular weight excluding hydrogens is 365 g/mol. The van der Waals surface area contributed by atoms with E-state index in [0.29, 0.717) is 11.8 Å². The van der Waals surface area contributed by atoms with Gasteiger partial charge in [0.15, 0.2) is 6.61 Å². The van der Waals surface area contributed by atoms with Gasteiger partial charge in [0.1, 0.15) is 0 Å². The summed E-state index contributed by atoms with van der Waals surface area (Å²) in [7, 11) is 1.70. The van der Waals surface area contributed by atoms with Crippen LogP contribution in [0.2, 0.25) is 0 Å². The van der Waals surface area contributed by atoms with Crippen LogP contribution in [0.5, 0.6) is 11.8 Å². The van der Waals surface area contributed by atoms with E-state index in [1.54, 1.807) is 13.1 Å². The summed E-state index contributed by atoms with van der Waals surface area (Å²) in [4.78, 5) is 19.9. The van der Waals surface area contributed by atoms with E-state index >= 15 is 0 Å². The number of rotatable bonds is 7. The fourth-order valence-corrected chi connectivity index (χ4v) is 2.58. The molecule has 2 aromatic heterocycles. The number of aromatic nitrogens is 4. The van der Waals surface area contributed by atoms with E-state index in [2.05, 4.69) is 20.4 Å². The molecule has 0 aliphatic heterocycles. The minimum atomic E-state index is -0.775. The fourth-order valence-electron chi connectivity index (χ4n) is 2.58. The first kappa shape index (κ1) is 17.9. The number of benzene rings is 1. The molecule has 2 heterocycles. The Morgan fingerprint density at radius 2 is 2.11 bits per heavy atom. The molecule has 0 radical (unpaired) electrons. The highest BCUT2D eigenvalue weighted by molar-refractivity contribution is 5.73. The minimum Gasteiger partial charge on any atom is -0.463 e. The summed E-state index contributed by atoms with van der Waals surface area (Å²) in [6.07, 6.45) is 3.17. The number of halogens is 1. The van der Waals surface area contributed by atoms with Gasteiger partial charge < -0.3 is 14.8 Å². The molecule has 1 aliphatic rings. The molecule has 1 N–H and O–H groups in total. The Morgan fingerprint density at radius 3 is 2.86 bits per heavy atom. The molecular formula is C19H18FN5O3. The Balaban J connectivity index is 1.37. The number of nitrogens with zero attached hydrogens (tertiary/aromatic N) is 4. The molecule has 0 spiro atoms. The topological polar surface area (TPSA) is 91.2 Å². The lowest BCUT2D eigenvalue weighted by atomic mass is 10.3. The van der Waals surface area contributed by atoms with Gasteiger partial charge in [0.25, 0.3) is 5.88 Å². The van der Waals surface area contributed by atoms with Crippen molar-refractivity contribution in [3.05, 3.63) is 54.1 Å². The van der Waals surface area contributed by atoms with Crippen LogP contribution in [0.25, 0.3) is 0 Å². The lowest BCUT2D eigenvalue weighted by Crippen LogP contribution is -2.20. The first-order valence-electron chi connectivity index (χ1n) is 8.80. The molecule has 8 nitrogen and oxygen atoms in total. The zero-order chi connectivity index (χ0) is 19.5. The van der Waals surface area contributed by atoms with Crippen molar-refractivity contribution in [1.29, 1.82) is 0 Å². The molecule has 28 heavy (non-hydrogen) atoms. The van der Waals surface area contributed by atoms with E-state index in [-0.39, 0.29) is 11.8 Å². The van der Waals surface area contributed by atoms with Crippen molar-refractivity contribution < 1.29 is 18.7 Å². The van der Waals surface area contributed by atoms with Gasteiger partial charge in [-0.15, -0.1) is 0 Å². The normalized spacial score (nSPS) is 13.2. The molecule has 0 amide bonds. The Labute approximate surface area is 160 Å². The monoisotopic (exact) mass is 383 g/mol. The van der Waals surface area contributed by atoms with E-state index in [1.165, 1.54) is 4.68 Å². The van der Waals surface area contributed by atoms with Gasteiger partial charge in [0.05, 0.1) is 11.9 Å². The summed E-state index contributed by atoms with van der Waals surface area (Å²) in [6.45, 7) is -0.497. The summed E-state index contributed by atoms with van der Waals surface area (Å²) in [5, 5.41) is 7.25. The quantitative estimate of drug-likeness (QED) is 0.627. The van der Waals surface area contributed by atoms with Crippen LogP contribution in [0.4, 0.5) is 16.0 Å². The van der Waals surface area contributed by atoms with Crippen molar-refractivity contribution in [3.8, 4) is 11.8 Å². The third kappa shape index (κ3) is 4.25. The van der Waals surface area contributed by atoms with Crippen LogP contribution in [0.1, 0.15) is 24.5 Å². The maximum atomic E-state index is 13.9. The van der Waals surface area contributed by atoms with Crippen LogP contribution >= 0.6 is 0 Å². The van der Waals surface area contributed by atoms with Crippen molar-refractivity contribution in [1.82, 2.24) is 19.7 Å². The lowest BCUT2D eigenvalue weighted by molar-refractivity contribution is -0.137. The standard InChI is InChI=1S/C19H18FN5O3/c1-25-16(9-15(24-25)12-7-8-12)28-17(26)11-27-18-14(20)10-21-19(23-18)22-13-5-3-2-4-6-13/h2-6,9-10,12H,7-8,11H2,1H3,(H,21,22,23). The van der Waals surface area contributed by atoms with Gasteiger partial charge in [0.2, 0.25) is 17.6 Å². The van der Waals surface area contributed by atoms with Gasteiger partial charge in [-0.1, -0.05) is 18.2 Å². The number of anilines is 2. The summed E-state index contributed by atoms with van der Waals surface area (Å²) in [5.41, 5.74) is 1.65. The molecule has 1 fully saturated rings. The summed E-state index contributed by atoms with van der Waals surface area (Å²) >= 11 is 0. The Bertz CT molecular complexity index is 988. The minimum absolute atomic E-state index is 0.150. The SMILES string of the molecule is Cn1nc(C2CC2)cc1OC(=O)COc1nc(Nc2ccccc2)ncc1F. The predicted octanol–water partition coefficient (Wildman–Crippen LogP) is 2.95. The number of carbonyl (C=O) groups is 1. The molecule has 144 valence electrons. The molecule has 1 aliphatic carbocycles. The third-order valence-electron chi connectivity index (χ3n) is 4.14. The third-order valence-corrected chi connectivity index (χ3v) is 4.14. The van der Waals surface area contributed by atoms with Gasteiger partial charge in [-0.2, -0.15) is 14.5 Å². The zero-order valence-corrected chi connectivity index (χ0v) is 15.1. The van der Waals surface area contributed by atoms with E-state index in [4.69, 9.17) is 9.47 Å². The molecule has 0 bridgehead atoms. The van der Waals surface area contributed by atoms with Crippen molar-refractivity contribution in [2.24, 2.45) is 7.05 Å². The summed E-state index contributed by atoms with van der Waals surface area (Å²) in [5.74, 6) is -0.875. The van der Waals surface area contributed by atoms with E-state index in [0.717, 1.165) is 30.4 Å². The van der Waals surface area contributed by atoms with E-state index in [9.17, 15) is 9.18 Å². The average Bonchev–Trinajstić information content (AvgIpc) is 3.48. The Morgan fingerprint density at radius 1 is 1.32 bits per heavy atom. The highest BCUT2D eigenvalue weighted by atomic mass is 19.1. The van der Waals surface area contributed by atoms with Crippen molar-refractivity contribution in [2.45, 2.75) is 18.8 Å². The van der Waals surface area contributed by atoms with Crippen LogP contribution in [0.3, 0.4) is 0 Å². The van der Waals surface area contributed by atoms with Crippen molar-refractivity contribution in [2.75, 3.05) is 11.9 Å². The second kappa shape index (κ2) is 7.63. The maximum Gasteiger partial charge on any atom is 0.350 e. The summed E-state index contributed by atoms with van der Waals surface area (Å²) in [6, 6.07) is 10.9. The molecule has 1 aromatic carbocycles. The van der Waals surface area contributed by atoms with Crippen LogP contribution in [0, 0.1) is 5.82 Å². The van der Waals surface area contributed by atoms with Gasteiger partial charge in [-0.3, -0.25) is 0 Å². The largest absolute Gasteiger partial charge is 0.463 e. The van der Waals surface area contributed by atoms with Gasteiger partial charge in [0, 0.05) is 24.7 Å². The first-order chi connectivity index (χ1) is 13.6. The smallest absolute Gasteiger partial charge is 0.350 e. The van der Waals surface area contributed by atoms with Crippen molar-refractivity contribution >= 4 is 17.6 Å². The number of esters is 1. The molecule has 0 saturated heterocycles. The summed E-state index contributed by atoms with van der Waals surface area (Å²) < 4.78 is 25.8. The van der Waals surface area contributed by atoms with Crippen molar-refractivity contribution in [3.63, 3.8) is 0 Å². The second-order valence-corrected chi connectivity index (χ2v) is 6.41. The molecule has 3 aromatic rings. The highest BCUT2D eigenvalue weighted by Gasteiger charge is 2.27. The number of nitrogens with one attached hydrogen (secondary N) is 1. The van der Waals surface area contributed by atoms with Crippen LogP contribution in [-0.2, 0) is 11.8 Å². The average molecular weight is 383 g/mol. The van der Waals surface area contributed by atoms with Gasteiger partial charge in [-0.25, -0.2) is 14.5 Å². The molecule has 9 heteroatoms. The van der Waals surface area contributed by atoms with Crippen LogP contribution in [-0.4, -0.2) is 32.3 Å².